The molecule has 1 saturated heterocycles. The number of esters is 1. The minimum Gasteiger partial charge on any atom is -0.463 e. The molecule has 4 heteroatoms. The van der Waals surface area contributed by atoms with Crippen molar-refractivity contribution in [1.82, 2.24) is 4.90 Å². The van der Waals surface area contributed by atoms with E-state index < -0.39 is 0 Å². The minimum atomic E-state index is -0.145. The van der Waals surface area contributed by atoms with Crippen molar-refractivity contribution in [2.75, 3.05) is 19.7 Å². The molecular formula is C11H21NO3. The summed E-state index contributed by atoms with van der Waals surface area (Å²) in [5.41, 5.74) is 0. The van der Waals surface area contributed by atoms with Gasteiger partial charge in [0.05, 0.1) is 19.1 Å². The number of hydrogen-bond acceptors (Lipinski definition) is 4. The van der Waals surface area contributed by atoms with E-state index in [9.17, 15) is 4.79 Å². The van der Waals surface area contributed by atoms with Gasteiger partial charge in [-0.3, -0.25) is 9.69 Å². The van der Waals surface area contributed by atoms with Crippen LogP contribution in [0.1, 0.15) is 33.1 Å². The van der Waals surface area contributed by atoms with E-state index >= 15 is 0 Å². The van der Waals surface area contributed by atoms with Gasteiger partial charge in [0, 0.05) is 12.6 Å². The highest BCUT2D eigenvalue weighted by atomic mass is 16.5. The van der Waals surface area contributed by atoms with Crippen LogP contribution in [0.2, 0.25) is 0 Å². The fourth-order valence-corrected chi connectivity index (χ4v) is 1.95. The highest BCUT2D eigenvalue weighted by Crippen LogP contribution is 2.16. The van der Waals surface area contributed by atoms with Crippen LogP contribution in [0.5, 0.6) is 0 Å². The molecule has 0 amide bonds. The van der Waals surface area contributed by atoms with E-state index in [1.54, 1.807) is 0 Å². The maximum Gasteiger partial charge on any atom is 0.307 e. The number of aliphatic hydroxyl groups is 1. The number of aliphatic hydroxyl groups excluding tert-OH is 1. The van der Waals surface area contributed by atoms with E-state index in [0.29, 0.717) is 13.0 Å². The zero-order valence-corrected chi connectivity index (χ0v) is 9.61. The van der Waals surface area contributed by atoms with Crippen LogP contribution in [0, 0.1) is 0 Å². The quantitative estimate of drug-likeness (QED) is 0.689. The van der Waals surface area contributed by atoms with Gasteiger partial charge in [-0.15, -0.1) is 0 Å². The lowest BCUT2D eigenvalue weighted by atomic mass is 10.2. The predicted octanol–water partition coefficient (Wildman–Crippen LogP) is 0.785. The van der Waals surface area contributed by atoms with Crippen LogP contribution in [-0.4, -0.2) is 47.8 Å². The fraction of sp³-hybridized carbons (Fsp3) is 0.909. The molecule has 0 spiro atoms. The minimum absolute atomic E-state index is 0.0373. The molecule has 0 aromatic carbocycles. The molecule has 1 aliphatic rings. The molecule has 0 saturated carbocycles. The standard InChI is InChI=1S/C11H21NO3/c1-9(2)15-11(14)5-7-12-6-3-4-10(12)8-13/h9-10,13H,3-8H2,1-2H3/t10-/m1/s1. The first-order valence-corrected chi connectivity index (χ1v) is 5.68. The third-order valence-electron chi connectivity index (χ3n) is 2.68. The molecule has 0 aromatic heterocycles. The molecular weight excluding hydrogens is 194 g/mol. The van der Waals surface area contributed by atoms with Crippen molar-refractivity contribution in [3.8, 4) is 0 Å². The Bertz CT molecular complexity index is 206. The molecule has 0 bridgehead atoms. The summed E-state index contributed by atoms with van der Waals surface area (Å²) >= 11 is 0. The lowest BCUT2D eigenvalue weighted by molar-refractivity contribution is -0.147. The lowest BCUT2D eigenvalue weighted by Gasteiger charge is -2.22. The smallest absolute Gasteiger partial charge is 0.307 e. The van der Waals surface area contributed by atoms with Crippen molar-refractivity contribution in [2.24, 2.45) is 0 Å². The fourth-order valence-electron chi connectivity index (χ4n) is 1.95. The van der Waals surface area contributed by atoms with Crippen LogP contribution < -0.4 is 0 Å². The second-order valence-corrected chi connectivity index (χ2v) is 4.30. The van der Waals surface area contributed by atoms with Crippen molar-refractivity contribution in [3.05, 3.63) is 0 Å². The molecule has 15 heavy (non-hydrogen) atoms. The molecule has 88 valence electrons. The topological polar surface area (TPSA) is 49.8 Å². The number of carbonyl (C=O) groups is 1. The van der Waals surface area contributed by atoms with E-state index in [1.165, 1.54) is 0 Å². The Kier molecular flexibility index (Phi) is 5.05. The number of ether oxygens (including phenoxy) is 1. The molecule has 4 nitrogen and oxygen atoms in total. The zero-order chi connectivity index (χ0) is 11.3. The van der Waals surface area contributed by atoms with Gasteiger partial charge >= 0.3 is 5.97 Å². The first kappa shape index (κ1) is 12.5. The predicted molar refractivity (Wildman–Crippen MR) is 57.5 cm³/mol. The third kappa shape index (κ3) is 4.18. The molecule has 1 rings (SSSR count). The summed E-state index contributed by atoms with van der Waals surface area (Å²) in [5.74, 6) is -0.145. The average Bonchev–Trinajstić information content (AvgIpc) is 2.60. The van der Waals surface area contributed by atoms with Gasteiger partial charge in [0.15, 0.2) is 0 Å². The lowest BCUT2D eigenvalue weighted by Crippen LogP contribution is -2.34. The maximum absolute atomic E-state index is 11.3. The van der Waals surface area contributed by atoms with E-state index in [0.717, 1.165) is 19.4 Å². The van der Waals surface area contributed by atoms with Gasteiger partial charge in [-0.2, -0.15) is 0 Å². The highest BCUT2D eigenvalue weighted by Gasteiger charge is 2.23. The summed E-state index contributed by atoms with van der Waals surface area (Å²) < 4.78 is 5.05. The van der Waals surface area contributed by atoms with Gasteiger partial charge in [0.1, 0.15) is 0 Å². The van der Waals surface area contributed by atoms with Crippen LogP contribution in [0.15, 0.2) is 0 Å². The summed E-state index contributed by atoms with van der Waals surface area (Å²) in [6.45, 7) is 5.59. The Labute approximate surface area is 91.2 Å². The summed E-state index contributed by atoms with van der Waals surface area (Å²) in [6.07, 6.45) is 2.54. The summed E-state index contributed by atoms with van der Waals surface area (Å²) in [6, 6.07) is 0.247. The molecule has 0 unspecified atom stereocenters. The van der Waals surface area contributed by atoms with Gasteiger partial charge in [-0.05, 0) is 33.2 Å². The van der Waals surface area contributed by atoms with Crippen molar-refractivity contribution >= 4 is 5.97 Å². The van der Waals surface area contributed by atoms with Gasteiger partial charge < -0.3 is 9.84 Å². The summed E-state index contributed by atoms with van der Waals surface area (Å²) in [7, 11) is 0. The zero-order valence-electron chi connectivity index (χ0n) is 9.61. The highest BCUT2D eigenvalue weighted by molar-refractivity contribution is 5.69. The molecule has 1 atom stereocenters. The normalized spacial score (nSPS) is 22.3. The number of likely N-dealkylation sites (tertiary alicyclic amines) is 1. The van der Waals surface area contributed by atoms with Crippen molar-refractivity contribution in [2.45, 2.75) is 45.3 Å². The second-order valence-electron chi connectivity index (χ2n) is 4.30. The Morgan fingerprint density at radius 2 is 2.33 bits per heavy atom. The Morgan fingerprint density at radius 3 is 2.93 bits per heavy atom. The molecule has 0 aliphatic carbocycles. The monoisotopic (exact) mass is 215 g/mol. The summed E-state index contributed by atoms with van der Waals surface area (Å²) in [4.78, 5) is 13.5. The average molecular weight is 215 g/mol. The number of nitrogens with zero attached hydrogens (tertiary/aromatic N) is 1. The molecule has 1 N–H and O–H groups in total. The molecule has 0 radical (unpaired) electrons. The van der Waals surface area contributed by atoms with Gasteiger partial charge in [0.25, 0.3) is 0 Å². The van der Waals surface area contributed by atoms with Crippen LogP contribution in [0.3, 0.4) is 0 Å². The van der Waals surface area contributed by atoms with Gasteiger partial charge in [-0.25, -0.2) is 0 Å². The van der Waals surface area contributed by atoms with E-state index in [2.05, 4.69) is 4.90 Å². The number of hydrogen-bond donors (Lipinski definition) is 1. The first-order chi connectivity index (χ1) is 7.13. The largest absolute Gasteiger partial charge is 0.463 e. The van der Waals surface area contributed by atoms with E-state index in [4.69, 9.17) is 9.84 Å². The molecule has 1 fully saturated rings. The van der Waals surface area contributed by atoms with Crippen molar-refractivity contribution in [1.29, 1.82) is 0 Å². The third-order valence-corrected chi connectivity index (χ3v) is 2.68. The molecule has 1 heterocycles. The van der Waals surface area contributed by atoms with Crippen LogP contribution >= 0.6 is 0 Å². The molecule has 1 aliphatic heterocycles. The van der Waals surface area contributed by atoms with Crippen molar-refractivity contribution in [3.63, 3.8) is 0 Å². The summed E-state index contributed by atoms with van der Waals surface area (Å²) in [5, 5.41) is 9.09. The SMILES string of the molecule is CC(C)OC(=O)CCN1CCC[C@@H]1CO. The van der Waals surface area contributed by atoms with Crippen molar-refractivity contribution < 1.29 is 14.6 Å². The van der Waals surface area contributed by atoms with Gasteiger partial charge in [-0.1, -0.05) is 0 Å². The number of rotatable bonds is 5. The van der Waals surface area contributed by atoms with Gasteiger partial charge in [0.2, 0.25) is 0 Å². The second kappa shape index (κ2) is 6.08. The molecule has 0 aromatic rings. The Hall–Kier alpha value is -0.610. The maximum atomic E-state index is 11.3. The Morgan fingerprint density at radius 1 is 1.60 bits per heavy atom. The Balaban J connectivity index is 2.21. The first-order valence-electron chi connectivity index (χ1n) is 5.68. The van der Waals surface area contributed by atoms with E-state index in [1.807, 2.05) is 13.8 Å². The van der Waals surface area contributed by atoms with Crippen LogP contribution in [-0.2, 0) is 9.53 Å². The van der Waals surface area contributed by atoms with Crippen LogP contribution in [0.25, 0.3) is 0 Å². The van der Waals surface area contributed by atoms with Crippen LogP contribution in [0.4, 0.5) is 0 Å². The van der Waals surface area contributed by atoms with E-state index in [-0.39, 0.29) is 24.7 Å². The number of carbonyl (C=O) groups excluding carboxylic acids is 1.